The molecule has 2 unspecified atom stereocenters. The molecule has 0 aromatic heterocycles. The number of rotatable bonds is 8. The van der Waals surface area contributed by atoms with Gasteiger partial charge in [-0.2, -0.15) is 0 Å². The lowest BCUT2D eigenvalue weighted by molar-refractivity contribution is -0.0947. The molecule has 152 valence electrons. The largest absolute Gasteiger partial charge is 0.379 e. The summed E-state index contributed by atoms with van der Waals surface area (Å²) >= 11 is 0. The zero-order valence-corrected chi connectivity index (χ0v) is 17.1. The van der Waals surface area contributed by atoms with Crippen LogP contribution in [-0.4, -0.2) is 92.6 Å². The van der Waals surface area contributed by atoms with Crippen LogP contribution in [0.15, 0.2) is 0 Å². The summed E-state index contributed by atoms with van der Waals surface area (Å²) in [4.78, 5) is 16.9. The lowest BCUT2D eigenvalue weighted by atomic mass is 10.00. The van der Waals surface area contributed by atoms with Gasteiger partial charge < -0.3 is 20.1 Å². The van der Waals surface area contributed by atoms with Gasteiger partial charge in [0.2, 0.25) is 0 Å². The first-order valence-electron chi connectivity index (χ1n) is 10.1. The molecule has 2 fully saturated rings. The summed E-state index contributed by atoms with van der Waals surface area (Å²) in [7, 11) is 0. The second kappa shape index (κ2) is 10.4. The molecule has 2 rings (SSSR count). The molecule has 0 bridgehead atoms. The molecule has 2 atom stereocenters. The van der Waals surface area contributed by atoms with E-state index < -0.39 is 0 Å². The van der Waals surface area contributed by atoms with Crippen molar-refractivity contribution in [1.29, 1.82) is 0 Å². The standard InChI is InChI=1S/C19H38N4O3/c1-16-13-23(14-17(2)26-16)19(3,4)15-21-18(24)20-7-5-6-8-22-9-11-25-12-10-22/h16-17H,5-15H2,1-4H3,(H2,20,21,24). The molecule has 0 radical (unpaired) electrons. The molecule has 2 amide bonds. The van der Waals surface area contributed by atoms with E-state index in [0.29, 0.717) is 6.54 Å². The average Bonchev–Trinajstić information content (AvgIpc) is 2.60. The maximum Gasteiger partial charge on any atom is 0.314 e. The van der Waals surface area contributed by atoms with Crippen LogP contribution in [0.3, 0.4) is 0 Å². The fourth-order valence-electron chi connectivity index (χ4n) is 3.63. The zero-order chi connectivity index (χ0) is 19.0. The lowest BCUT2D eigenvalue weighted by Gasteiger charge is -2.45. The van der Waals surface area contributed by atoms with Crippen molar-refractivity contribution in [2.75, 3.05) is 59.0 Å². The molecule has 0 aromatic rings. The Balaban J connectivity index is 1.57. The normalized spacial score (nSPS) is 25.8. The van der Waals surface area contributed by atoms with Gasteiger partial charge >= 0.3 is 6.03 Å². The Labute approximate surface area is 158 Å². The van der Waals surface area contributed by atoms with Crippen LogP contribution in [0.4, 0.5) is 4.79 Å². The Kier molecular flexibility index (Phi) is 8.60. The number of morpholine rings is 2. The van der Waals surface area contributed by atoms with Crippen LogP contribution in [0, 0.1) is 0 Å². The number of carbonyl (C=O) groups is 1. The number of amides is 2. The Morgan fingerprint density at radius 2 is 1.73 bits per heavy atom. The van der Waals surface area contributed by atoms with Gasteiger partial charge in [-0.15, -0.1) is 0 Å². The predicted molar refractivity (Wildman–Crippen MR) is 104 cm³/mol. The minimum atomic E-state index is -0.0834. The van der Waals surface area contributed by atoms with Crippen molar-refractivity contribution in [1.82, 2.24) is 20.4 Å². The molecule has 7 heteroatoms. The quantitative estimate of drug-likeness (QED) is 0.630. The number of nitrogens with zero attached hydrogens (tertiary/aromatic N) is 2. The maximum absolute atomic E-state index is 12.1. The van der Waals surface area contributed by atoms with E-state index in [4.69, 9.17) is 9.47 Å². The van der Waals surface area contributed by atoms with Crippen molar-refractivity contribution in [3.8, 4) is 0 Å². The fraction of sp³-hybridized carbons (Fsp3) is 0.947. The SMILES string of the molecule is CC1CN(C(C)(C)CNC(=O)NCCCCN2CCOCC2)CC(C)O1. The van der Waals surface area contributed by atoms with Crippen molar-refractivity contribution < 1.29 is 14.3 Å². The number of ether oxygens (including phenoxy) is 2. The van der Waals surface area contributed by atoms with Crippen LogP contribution in [0.2, 0.25) is 0 Å². The third-order valence-corrected chi connectivity index (χ3v) is 5.25. The first-order valence-corrected chi connectivity index (χ1v) is 10.1. The molecule has 26 heavy (non-hydrogen) atoms. The predicted octanol–water partition coefficient (Wildman–Crippen LogP) is 1.29. The number of hydrogen-bond donors (Lipinski definition) is 2. The van der Waals surface area contributed by atoms with Crippen molar-refractivity contribution in [3.63, 3.8) is 0 Å². The second-order valence-corrected chi connectivity index (χ2v) is 8.25. The lowest BCUT2D eigenvalue weighted by Crippen LogP contribution is -2.59. The van der Waals surface area contributed by atoms with E-state index in [2.05, 4.69) is 48.1 Å². The van der Waals surface area contributed by atoms with Gasteiger partial charge in [0.25, 0.3) is 0 Å². The molecule has 0 aromatic carbocycles. The van der Waals surface area contributed by atoms with Gasteiger partial charge in [-0.05, 0) is 47.1 Å². The van der Waals surface area contributed by atoms with E-state index in [0.717, 1.165) is 65.3 Å². The van der Waals surface area contributed by atoms with Crippen LogP contribution in [0.5, 0.6) is 0 Å². The molecular weight excluding hydrogens is 332 g/mol. The van der Waals surface area contributed by atoms with Crippen LogP contribution in [-0.2, 0) is 9.47 Å². The molecule has 0 spiro atoms. The molecule has 2 saturated heterocycles. The second-order valence-electron chi connectivity index (χ2n) is 8.25. The van der Waals surface area contributed by atoms with Gasteiger partial charge in [-0.1, -0.05) is 0 Å². The summed E-state index contributed by atoms with van der Waals surface area (Å²) in [5, 5.41) is 6.01. The Morgan fingerprint density at radius 1 is 1.08 bits per heavy atom. The summed E-state index contributed by atoms with van der Waals surface area (Å²) in [6.07, 6.45) is 2.58. The molecular formula is C19H38N4O3. The smallest absolute Gasteiger partial charge is 0.314 e. The molecule has 2 heterocycles. The van der Waals surface area contributed by atoms with Crippen molar-refractivity contribution in [2.45, 2.75) is 58.3 Å². The van der Waals surface area contributed by atoms with E-state index in [1.165, 1.54) is 0 Å². The molecule has 2 N–H and O–H groups in total. The summed E-state index contributed by atoms with van der Waals surface area (Å²) in [5.41, 5.74) is -0.0834. The monoisotopic (exact) mass is 370 g/mol. The first kappa shape index (κ1) is 21.4. The van der Waals surface area contributed by atoms with Gasteiger partial charge in [0.15, 0.2) is 0 Å². The van der Waals surface area contributed by atoms with Crippen LogP contribution < -0.4 is 10.6 Å². The Bertz CT molecular complexity index is 417. The van der Waals surface area contributed by atoms with E-state index in [-0.39, 0.29) is 23.8 Å². The molecule has 2 aliphatic rings. The minimum Gasteiger partial charge on any atom is -0.379 e. The molecule has 0 saturated carbocycles. The highest BCUT2D eigenvalue weighted by atomic mass is 16.5. The number of unbranched alkanes of at least 4 members (excludes halogenated alkanes) is 1. The highest BCUT2D eigenvalue weighted by Crippen LogP contribution is 2.20. The fourth-order valence-corrected chi connectivity index (χ4v) is 3.63. The number of hydrogen-bond acceptors (Lipinski definition) is 5. The topological polar surface area (TPSA) is 66.1 Å². The minimum absolute atomic E-state index is 0.0706. The summed E-state index contributed by atoms with van der Waals surface area (Å²) in [6, 6.07) is -0.0706. The average molecular weight is 371 g/mol. The third kappa shape index (κ3) is 7.39. The van der Waals surface area contributed by atoms with Crippen molar-refractivity contribution in [3.05, 3.63) is 0 Å². The van der Waals surface area contributed by atoms with E-state index >= 15 is 0 Å². The Hall–Kier alpha value is -0.890. The van der Waals surface area contributed by atoms with Crippen molar-refractivity contribution >= 4 is 6.03 Å². The highest BCUT2D eigenvalue weighted by Gasteiger charge is 2.33. The number of nitrogens with one attached hydrogen (secondary N) is 2. The van der Waals surface area contributed by atoms with Gasteiger partial charge in [0.1, 0.15) is 0 Å². The summed E-state index contributed by atoms with van der Waals surface area (Å²) < 4.78 is 11.2. The molecule has 2 aliphatic heterocycles. The Morgan fingerprint density at radius 3 is 2.38 bits per heavy atom. The van der Waals surface area contributed by atoms with E-state index in [9.17, 15) is 4.79 Å². The van der Waals surface area contributed by atoms with Gasteiger partial charge in [0.05, 0.1) is 25.4 Å². The first-order chi connectivity index (χ1) is 12.4. The van der Waals surface area contributed by atoms with E-state index in [1.54, 1.807) is 0 Å². The van der Waals surface area contributed by atoms with Gasteiger partial charge in [-0.3, -0.25) is 9.80 Å². The van der Waals surface area contributed by atoms with Crippen LogP contribution >= 0.6 is 0 Å². The van der Waals surface area contributed by atoms with E-state index in [1.807, 2.05) is 0 Å². The third-order valence-electron chi connectivity index (χ3n) is 5.25. The van der Waals surface area contributed by atoms with Gasteiger partial charge in [0, 0.05) is 44.8 Å². The van der Waals surface area contributed by atoms with Crippen LogP contribution in [0.1, 0.15) is 40.5 Å². The number of carbonyl (C=O) groups excluding carboxylic acids is 1. The van der Waals surface area contributed by atoms with Gasteiger partial charge in [-0.25, -0.2) is 4.79 Å². The summed E-state index contributed by atoms with van der Waals surface area (Å²) in [6.45, 7) is 16.6. The van der Waals surface area contributed by atoms with Crippen molar-refractivity contribution in [2.24, 2.45) is 0 Å². The summed E-state index contributed by atoms with van der Waals surface area (Å²) in [5.74, 6) is 0. The number of urea groups is 1. The molecule has 0 aliphatic carbocycles. The van der Waals surface area contributed by atoms with Crippen LogP contribution in [0.25, 0.3) is 0 Å². The molecule has 7 nitrogen and oxygen atoms in total. The zero-order valence-electron chi connectivity index (χ0n) is 17.1. The highest BCUT2D eigenvalue weighted by molar-refractivity contribution is 5.73. The maximum atomic E-state index is 12.1.